The summed E-state index contributed by atoms with van der Waals surface area (Å²) in [6.45, 7) is 8.05. The lowest BCUT2D eigenvalue weighted by molar-refractivity contribution is 0.168. The number of imidazole rings is 1. The molecule has 4 heteroatoms. The van der Waals surface area contributed by atoms with Gasteiger partial charge in [0.1, 0.15) is 0 Å². The van der Waals surface area contributed by atoms with Crippen LogP contribution in [0.15, 0.2) is 17.8 Å². The topological polar surface area (TPSA) is 29.3 Å². The summed E-state index contributed by atoms with van der Waals surface area (Å²) in [4.78, 5) is 5.91. The average molecular weight is 305 g/mol. The standard InChI is InChI=1S/C17H27N3S/c1-4-18-16-6-5-13(12(2)3)9-14(16)10-15-11-20-7-8-21-17(20)19-15/h7-8,11-14,16,18H,4-6,9-10H2,1-3H3. The number of nitrogens with one attached hydrogen (secondary N) is 1. The van der Waals surface area contributed by atoms with E-state index in [1.807, 2.05) is 0 Å². The summed E-state index contributed by atoms with van der Waals surface area (Å²) in [6, 6.07) is 0.671. The molecule has 1 N–H and O–H groups in total. The lowest BCUT2D eigenvalue weighted by atomic mass is 9.72. The van der Waals surface area contributed by atoms with Gasteiger partial charge in [-0.15, -0.1) is 11.3 Å². The van der Waals surface area contributed by atoms with Crippen molar-refractivity contribution >= 4 is 16.3 Å². The Kier molecular flexibility index (Phi) is 4.65. The Morgan fingerprint density at radius 1 is 1.43 bits per heavy atom. The van der Waals surface area contributed by atoms with Gasteiger partial charge >= 0.3 is 0 Å². The van der Waals surface area contributed by atoms with Crippen molar-refractivity contribution in [3.63, 3.8) is 0 Å². The molecule has 0 saturated heterocycles. The molecule has 0 bridgehead atoms. The summed E-state index contributed by atoms with van der Waals surface area (Å²) in [6.07, 6.45) is 9.49. The van der Waals surface area contributed by atoms with E-state index in [0.717, 1.165) is 35.7 Å². The van der Waals surface area contributed by atoms with Gasteiger partial charge in [-0.05, 0) is 50.0 Å². The summed E-state index contributed by atoms with van der Waals surface area (Å²) in [5, 5.41) is 5.81. The van der Waals surface area contributed by atoms with Crippen LogP contribution < -0.4 is 5.32 Å². The van der Waals surface area contributed by atoms with Crippen molar-refractivity contribution in [2.24, 2.45) is 17.8 Å². The van der Waals surface area contributed by atoms with Gasteiger partial charge in [0.15, 0.2) is 4.96 Å². The summed E-state index contributed by atoms with van der Waals surface area (Å²) >= 11 is 1.72. The highest BCUT2D eigenvalue weighted by atomic mass is 32.1. The van der Waals surface area contributed by atoms with E-state index in [2.05, 4.69) is 48.3 Å². The zero-order valence-corrected chi connectivity index (χ0v) is 14.2. The predicted molar refractivity (Wildman–Crippen MR) is 89.9 cm³/mol. The van der Waals surface area contributed by atoms with E-state index in [9.17, 15) is 0 Å². The third-order valence-corrected chi connectivity index (χ3v) is 5.82. The van der Waals surface area contributed by atoms with Crippen molar-refractivity contribution in [2.45, 2.75) is 52.5 Å². The molecule has 1 aliphatic carbocycles. The smallest absolute Gasteiger partial charge is 0.193 e. The van der Waals surface area contributed by atoms with Crippen LogP contribution in [0.2, 0.25) is 0 Å². The molecule has 3 rings (SSSR count). The summed E-state index contributed by atoms with van der Waals surface area (Å²) in [5.41, 5.74) is 1.26. The van der Waals surface area contributed by atoms with Crippen LogP contribution in [0.5, 0.6) is 0 Å². The minimum atomic E-state index is 0.671. The fraction of sp³-hybridized carbons (Fsp3) is 0.706. The maximum absolute atomic E-state index is 4.78. The minimum Gasteiger partial charge on any atom is -0.314 e. The maximum Gasteiger partial charge on any atom is 0.193 e. The molecule has 3 nitrogen and oxygen atoms in total. The second kappa shape index (κ2) is 6.49. The first kappa shape index (κ1) is 15.0. The third-order valence-electron chi connectivity index (χ3n) is 5.05. The Hall–Kier alpha value is -0.870. The normalized spacial score (nSPS) is 26.8. The largest absolute Gasteiger partial charge is 0.314 e. The van der Waals surface area contributed by atoms with Crippen molar-refractivity contribution < 1.29 is 0 Å². The predicted octanol–water partition coefficient (Wildman–Crippen LogP) is 3.99. The molecule has 2 aromatic heterocycles. The van der Waals surface area contributed by atoms with Gasteiger partial charge in [-0.1, -0.05) is 20.8 Å². The van der Waals surface area contributed by atoms with Gasteiger partial charge in [-0.2, -0.15) is 0 Å². The average Bonchev–Trinajstić information content (AvgIpc) is 3.01. The number of hydrogen-bond acceptors (Lipinski definition) is 3. The molecule has 1 saturated carbocycles. The molecule has 0 amide bonds. The molecule has 21 heavy (non-hydrogen) atoms. The Balaban J connectivity index is 1.73. The Labute approximate surface area is 131 Å². The second-order valence-electron chi connectivity index (χ2n) is 6.77. The molecule has 0 aliphatic heterocycles. The third kappa shape index (κ3) is 3.32. The van der Waals surface area contributed by atoms with Crippen LogP contribution in [0, 0.1) is 17.8 Å². The van der Waals surface area contributed by atoms with E-state index in [1.165, 1.54) is 25.0 Å². The number of rotatable bonds is 5. The quantitative estimate of drug-likeness (QED) is 0.905. The number of fused-ring (bicyclic) bond motifs is 1. The summed E-state index contributed by atoms with van der Waals surface area (Å²) in [5.74, 6) is 2.42. The Morgan fingerprint density at radius 2 is 2.29 bits per heavy atom. The zero-order valence-electron chi connectivity index (χ0n) is 13.4. The van der Waals surface area contributed by atoms with Crippen LogP contribution in [-0.2, 0) is 6.42 Å². The first-order chi connectivity index (χ1) is 10.2. The van der Waals surface area contributed by atoms with Crippen molar-refractivity contribution in [1.29, 1.82) is 0 Å². The van der Waals surface area contributed by atoms with Crippen LogP contribution in [0.4, 0.5) is 0 Å². The van der Waals surface area contributed by atoms with Crippen LogP contribution in [0.3, 0.4) is 0 Å². The van der Waals surface area contributed by atoms with Gasteiger partial charge in [0, 0.05) is 23.8 Å². The maximum atomic E-state index is 4.78. The molecule has 2 heterocycles. The molecule has 3 atom stereocenters. The van der Waals surface area contributed by atoms with Gasteiger partial charge in [0.05, 0.1) is 5.69 Å². The molecule has 0 aromatic carbocycles. The first-order valence-electron chi connectivity index (χ1n) is 8.31. The highest BCUT2D eigenvalue weighted by molar-refractivity contribution is 7.15. The number of hydrogen-bond donors (Lipinski definition) is 1. The highest BCUT2D eigenvalue weighted by Gasteiger charge is 2.31. The van der Waals surface area contributed by atoms with E-state index >= 15 is 0 Å². The molecule has 3 unspecified atom stereocenters. The molecule has 1 fully saturated rings. The fourth-order valence-electron chi connectivity index (χ4n) is 3.81. The van der Waals surface area contributed by atoms with Gasteiger partial charge in [-0.25, -0.2) is 4.98 Å². The van der Waals surface area contributed by atoms with Gasteiger partial charge in [0.25, 0.3) is 0 Å². The summed E-state index contributed by atoms with van der Waals surface area (Å²) in [7, 11) is 0. The van der Waals surface area contributed by atoms with E-state index < -0.39 is 0 Å². The van der Waals surface area contributed by atoms with E-state index in [1.54, 1.807) is 11.3 Å². The number of thiazole rings is 1. The highest BCUT2D eigenvalue weighted by Crippen LogP contribution is 2.35. The fourth-order valence-corrected chi connectivity index (χ4v) is 4.52. The van der Waals surface area contributed by atoms with E-state index in [0.29, 0.717) is 6.04 Å². The lowest BCUT2D eigenvalue weighted by Gasteiger charge is -2.38. The molecular weight excluding hydrogens is 278 g/mol. The van der Waals surface area contributed by atoms with E-state index in [-0.39, 0.29) is 0 Å². The molecule has 0 radical (unpaired) electrons. The van der Waals surface area contributed by atoms with Crippen LogP contribution in [0.1, 0.15) is 45.7 Å². The molecular formula is C17H27N3S. The summed E-state index contributed by atoms with van der Waals surface area (Å²) < 4.78 is 2.16. The van der Waals surface area contributed by atoms with Crippen LogP contribution >= 0.6 is 11.3 Å². The lowest BCUT2D eigenvalue weighted by Crippen LogP contribution is -2.42. The van der Waals surface area contributed by atoms with E-state index in [4.69, 9.17) is 4.98 Å². The monoisotopic (exact) mass is 305 g/mol. The second-order valence-corrected chi connectivity index (χ2v) is 7.64. The molecule has 116 valence electrons. The number of aromatic nitrogens is 2. The molecule has 1 aliphatic rings. The molecule has 0 spiro atoms. The Morgan fingerprint density at radius 3 is 3.00 bits per heavy atom. The minimum absolute atomic E-state index is 0.671. The zero-order chi connectivity index (χ0) is 14.8. The SMILES string of the molecule is CCNC1CCC(C(C)C)CC1Cc1cn2ccsc2n1. The molecule has 2 aromatic rings. The van der Waals surface area contributed by atoms with Gasteiger partial charge < -0.3 is 5.32 Å². The first-order valence-corrected chi connectivity index (χ1v) is 9.19. The van der Waals surface area contributed by atoms with Crippen LogP contribution in [0.25, 0.3) is 4.96 Å². The number of nitrogens with zero attached hydrogens (tertiary/aromatic N) is 2. The van der Waals surface area contributed by atoms with Gasteiger partial charge in [-0.3, -0.25) is 4.40 Å². The van der Waals surface area contributed by atoms with Crippen molar-refractivity contribution in [1.82, 2.24) is 14.7 Å². The van der Waals surface area contributed by atoms with Crippen LogP contribution in [-0.4, -0.2) is 22.0 Å². The Bertz CT molecular complexity index is 543. The van der Waals surface area contributed by atoms with Crippen molar-refractivity contribution in [2.75, 3.05) is 6.54 Å². The van der Waals surface area contributed by atoms with Crippen molar-refractivity contribution in [3.05, 3.63) is 23.5 Å². The van der Waals surface area contributed by atoms with Crippen molar-refractivity contribution in [3.8, 4) is 0 Å². The van der Waals surface area contributed by atoms with Gasteiger partial charge in [0.2, 0.25) is 0 Å².